The molecule has 0 bridgehead atoms. The van der Waals surface area contributed by atoms with Gasteiger partial charge in [0, 0.05) is 26.9 Å². The Morgan fingerprint density at radius 2 is 1.93 bits per heavy atom. The summed E-state index contributed by atoms with van der Waals surface area (Å²) in [5, 5.41) is 0. The molecule has 1 heterocycles. The number of hydrogen-bond acceptors (Lipinski definition) is 4. The number of halogens is 1. The molecule has 3 aliphatic rings. The summed E-state index contributed by atoms with van der Waals surface area (Å²) in [4.78, 5) is 24.7. The van der Waals surface area contributed by atoms with Crippen molar-refractivity contribution < 1.29 is 19.1 Å². The lowest BCUT2D eigenvalue weighted by atomic mass is 9.53. The van der Waals surface area contributed by atoms with Crippen molar-refractivity contribution in [1.82, 2.24) is 0 Å². The molecule has 2 aliphatic carbocycles. The van der Waals surface area contributed by atoms with E-state index in [1.807, 2.05) is 12.1 Å². The van der Waals surface area contributed by atoms with Gasteiger partial charge >= 0.3 is 11.9 Å². The fraction of sp³-hybridized carbons (Fsp3) is 0.545. The van der Waals surface area contributed by atoms with Gasteiger partial charge in [0.25, 0.3) is 0 Å². The fourth-order valence-electron chi connectivity index (χ4n) is 5.49. The van der Waals surface area contributed by atoms with Gasteiger partial charge in [0.1, 0.15) is 12.2 Å². The zero-order valence-corrected chi connectivity index (χ0v) is 17.9. The van der Waals surface area contributed by atoms with E-state index in [1.165, 1.54) is 0 Å². The van der Waals surface area contributed by atoms with E-state index in [4.69, 9.17) is 9.47 Å². The van der Waals surface area contributed by atoms with Gasteiger partial charge in [0.15, 0.2) is 0 Å². The second kappa shape index (κ2) is 6.90. The lowest BCUT2D eigenvalue weighted by molar-refractivity contribution is -0.159. The Morgan fingerprint density at radius 1 is 1.26 bits per heavy atom. The standard InChI is InChI=1S/C22H25IO4/c1-12-16-8-10-22(3)11-9-17(13(2)18(22)19(16)27-20(12)24)26-21(25)14-4-6-15(23)7-5-14/h4-7,13,16-19H,1,8-11H2,2-3H3. The van der Waals surface area contributed by atoms with E-state index in [-0.39, 0.29) is 47.3 Å². The van der Waals surface area contributed by atoms with Crippen LogP contribution in [0.1, 0.15) is 49.9 Å². The Bertz CT molecular complexity index is 786. The average molecular weight is 480 g/mol. The highest BCUT2D eigenvalue weighted by atomic mass is 127. The van der Waals surface area contributed by atoms with Crippen molar-refractivity contribution in [3.05, 3.63) is 45.6 Å². The topological polar surface area (TPSA) is 52.6 Å². The van der Waals surface area contributed by atoms with E-state index in [2.05, 4.69) is 43.0 Å². The van der Waals surface area contributed by atoms with E-state index >= 15 is 0 Å². The summed E-state index contributed by atoms with van der Waals surface area (Å²) in [6.45, 7) is 8.40. The van der Waals surface area contributed by atoms with Gasteiger partial charge in [-0.25, -0.2) is 9.59 Å². The number of rotatable bonds is 2. The van der Waals surface area contributed by atoms with Crippen LogP contribution in [0.15, 0.2) is 36.4 Å². The Hall–Kier alpha value is -1.37. The predicted molar refractivity (Wildman–Crippen MR) is 110 cm³/mol. The van der Waals surface area contributed by atoms with Gasteiger partial charge < -0.3 is 9.47 Å². The molecule has 144 valence electrons. The van der Waals surface area contributed by atoms with Gasteiger partial charge in [0.2, 0.25) is 0 Å². The summed E-state index contributed by atoms with van der Waals surface area (Å²) in [5.41, 5.74) is 1.32. The van der Waals surface area contributed by atoms with Crippen LogP contribution in [0.25, 0.3) is 0 Å². The zero-order chi connectivity index (χ0) is 19.3. The third-order valence-corrected chi connectivity index (χ3v) is 7.74. The normalized spacial score (nSPS) is 38.0. The Morgan fingerprint density at radius 3 is 2.63 bits per heavy atom. The molecule has 0 amide bonds. The van der Waals surface area contributed by atoms with Gasteiger partial charge in [-0.3, -0.25) is 0 Å². The molecule has 0 aromatic heterocycles. The molecule has 0 N–H and O–H groups in total. The first kappa shape index (κ1) is 19.0. The number of carbonyl (C=O) groups excluding carboxylic acids is 2. The maximum absolute atomic E-state index is 12.6. The first-order chi connectivity index (χ1) is 12.8. The quantitative estimate of drug-likeness (QED) is 0.348. The lowest BCUT2D eigenvalue weighted by Gasteiger charge is -2.54. The molecule has 1 aromatic carbocycles. The summed E-state index contributed by atoms with van der Waals surface area (Å²) < 4.78 is 12.8. The van der Waals surface area contributed by atoms with Gasteiger partial charge in [-0.15, -0.1) is 0 Å². The number of fused-ring (bicyclic) bond motifs is 3. The minimum absolute atomic E-state index is 0.115. The molecule has 0 spiro atoms. The van der Waals surface area contributed by atoms with Crippen molar-refractivity contribution in [2.45, 2.75) is 51.7 Å². The highest BCUT2D eigenvalue weighted by molar-refractivity contribution is 14.1. The van der Waals surface area contributed by atoms with Crippen LogP contribution in [0.5, 0.6) is 0 Å². The van der Waals surface area contributed by atoms with Gasteiger partial charge in [0.05, 0.1) is 5.56 Å². The Balaban J connectivity index is 1.54. The molecular weight excluding hydrogens is 455 g/mol. The van der Waals surface area contributed by atoms with Crippen molar-refractivity contribution in [2.24, 2.45) is 23.2 Å². The first-order valence-electron chi connectivity index (χ1n) is 9.66. The van der Waals surface area contributed by atoms with Crippen molar-refractivity contribution in [1.29, 1.82) is 0 Å². The summed E-state index contributed by atoms with van der Waals surface area (Å²) in [6.07, 6.45) is 3.59. The van der Waals surface area contributed by atoms with Crippen LogP contribution in [-0.2, 0) is 14.3 Å². The van der Waals surface area contributed by atoms with Gasteiger partial charge in [-0.2, -0.15) is 0 Å². The summed E-state index contributed by atoms with van der Waals surface area (Å²) in [5.74, 6) is -0.0686. The Labute approximate surface area is 173 Å². The average Bonchev–Trinajstić information content (AvgIpc) is 2.92. The molecule has 27 heavy (non-hydrogen) atoms. The molecule has 6 unspecified atom stereocenters. The molecule has 4 rings (SSSR count). The third-order valence-electron chi connectivity index (χ3n) is 7.03. The largest absolute Gasteiger partial charge is 0.458 e. The summed E-state index contributed by atoms with van der Waals surface area (Å²) in [7, 11) is 0. The number of benzene rings is 1. The van der Waals surface area contributed by atoms with E-state index in [0.717, 1.165) is 29.3 Å². The molecule has 6 atom stereocenters. The summed E-state index contributed by atoms with van der Waals surface area (Å²) >= 11 is 2.22. The van der Waals surface area contributed by atoms with Crippen LogP contribution in [0.2, 0.25) is 0 Å². The van der Waals surface area contributed by atoms with Crippen LogP contribution >= 0.6 is 22.6 Å². The van der Waals surface area contributed by atoms with Crippen LogP contribution in [-0.4, -0.2) is 24.1 Å². The maximum Gasteiger partial charge on any atom is 0.338 e. The minimum atomic E-state index is -0.271. The predicted octanol–water partition coefficient (Wildman–Crippen LogP) is 4.76. The molecule has 1 aliphatic heterocycles. The second-order valence-electron chi connectivity index (χ2n) is 8.57. The molecule has 0 radical (unpaired) electrons. The van der Waals surface area contributed by atoms with Crippen molar-refractivity contribution in [3.63, 3.8) is 0 Å². The lowest BCUT2D eigenvalue weighted by Crippen LogP contribution is -2.53. The summed E-state index contributed by atoms with van der Waals surface area (Å²) in [6, 6.07) is 7.43. The van der Waals surface area contributed by atoms with E-state index in [0.29, 0.717) is 11.1 Å². The molecule has 1 saturated heterocycles. The smallest absolute Gasteiger partial charge is 0.338 e. The van der Waals surface area contributed by atoms with E-state index in [9.17, 15) is 9.59 Å². The van der Waals surface area contributed by atoms with Gasteiger partial charge in [-0.1, -0.05) is 20.4 Å². The van der Waals surface area contributed by atoms with Crippen LogP contribution < -0.4 is 0 Å². The first-order valence-corrected chi connectivity index (χ1v) is 10.7. The van der Waals surface area contributed by atoms with Crippen LogP contribution in [0.3, 0.4) is 0 Å². The van der Waals surface area contributed by atoms with Gasteiger partial charge in [-0.05, 0) is 78.0 Å². The number of esters is 2. The van der Waals surface area contributed by atoms with Crippen LogP contribution in [0.4, 0.5) is 0 Å². The van der Waals surface area contributed by atoms with Crippen molar-refractivity contribution in [2.75, 3.05) is 0 Å². The molecule has 3 fully saturated rings. The molecular formula is C22H25IO4. The highest BCUT2D eigenvalue weighted by Gasteiger charge is 2.58. The fourth-order valence-corrected chi connectivity index (χ4v) is 5.85. The second-order valence-corrected chi connectivity index (χ2v) is 9.81. The molecule has 1 aromatic rings. The highest BCUT2D eigenvalue weighted by Crippen LogP contribution is 2.58. The monoisotopic (exact) mass is 480 g/mol. The van der Waals surface area contributed by atoms with E-state index in [1.54, 1.807) is 12.1 Å². The number of ether oxygens (including phenoxy) is 2. The van der Waals surface area contributed by atoms with E-state index < -0.39 is 0 Å². The van der Waals surface area contributed by atoms with Crippen LogP contribution in [0, 0.1) is 26.7 Å². The Kier molecular flexibility index (Phi) is 4.85. The molecule has 4 nitrogen and oxygen atoms in total. The molecule has 2 saturated carbocycles. The maximum atomic E-state index is 12.6. The van der Waals surface area contributed by atoms with Crippen molar-refractivity contribution >= 4 is 34.5 Å². The van der Waals surface area contributed by atoms with Crippen molar-refractivity contribution in [3.8, 4) is 0 Å². The number of hydrogen-bond donors (Lipinski definition) is 0. The minimum Gasteiger partial charge on any atom is -0.458 e. The molecule has 5 heteroatoms. The third kappa shape index (κ3) is 3.22. The SMILES string of the molecule is C=C1C(=O)OC2C1CCC1(C)CCC(OC(=O)c3ccc(I)cc3)C(C)C21. The number of carbonyl (C=O) groups is 2. The zero-order valence-electron chi connectivity index (χ0n) is 15.7.